The normalized spacial score (nSPS) is 15.6. The van der Waals surface area contributed by atoms with Gasteiger partial charge in [0.15, 0.2) is 0 Å². The van der Waals surface area contributed by atoms with Gasteiger partial charge in [0.05, 0.1) is 8.48 Å². The van der Waals surface area contributed by atoms with Crippen molar-refractivity contribution in [3.63, 3.8) is 0 Å². The fourth-order valence-corrected chi connectivity index (χ4v) is 3.94. The standard InChI is InChI=1S/C20H16INO3S/c1-2-10-22-19(23)18(26-20(22)24)12-15-8-9-17(16(21)11-15)25-13-14-6-4-3-5-7-14/h2-9,11-12H,1,10,13H2/b18-12+. The highest BCUT2D eigenvalue weighted by molar-refractivity contribution is 14.1. The van der Waals surface area contributed by atoms with Crippen molar-refractivity contribution < 1.29 is 14.3 Å². The Labute approximate surface area is 170 Å². The summed E-state index contributed by atoms with van der Waals surface area (Å²) in [6, 6.07) is 15.6. The first-order valence-corrected chi connectivity index (χ1v) is 9.80. The van der Waals surface area contributed by atoms with Crippen LogP contribution in [0.3, 0.4) is 0 Å². The van der Waals surface area contributed by atoms with Crippen LogP contribution < -0.4 is 4.74 Å². The van der Waals surface area contributed by atoms with Crippen LogP contribution in [0.15, 0.2) is 66.1 Å². The summed E-state index contributed by atoms with van der Waals surface area (Å²) in [4.78, 5) is 25.7. The molecule has 2 aromatic carbocycles. The van der Waals surface area contributed by atoms with Crippen LogP contribution in [-0.4, -0.2) is 22.6 Å². The smallest absolute Gasteiger partial charge is 0.293 e. The largest absolute Gasteiger partial charge is 0.488 e. The molecule has 2 aromatic rings. The molecule has 3 rings (SSSR count). The van der Waals surface area contributed by atoms with E-state index in [9.17, 15) is 9.59 Å². The molecule has 0 spiro atoms. The maximum absolute atomic E-state index is 12.3. The average Bonchev–Trinajstić information content (AvgIpc) is 2.90. The number of carbonyl (C=O) groups is 2. The van der Waals surface area contributed by atoms with Gasteiger partial charge in [0.2, 0.25) is 0 Å². The zero-order chi connectivity index (χ0) is 18.5. The molecule has 6 heteroatoms. The summed E-state index contributed by atoms with van der Waals surface area (Å²) in [6.45, 7) is 4.30. The minimum atomic E-state index is -0.278. The molecule has 0 aliphatic carbocycles. The van der Waals surface area contributed by atoms with E-state index in [4.69, 9.17) is 4.74 Å². The van der Waals surface area contributed by atoms with Gasteiger partial charge in [-0.25, -0.2) is 0 Å². The molecular weight excluding hydrogens is 461 g/mol. The molecule has 0 unspecified atom stereocenters. The first kappa shape index (κ1) is 18.7. The first-order valence-electron chi connectivity index (χ1n) is 7.91. The van der Waals surface area contributed by atoms with Gasteiger partial charge in [-0.15, -0.1) is 6.58 Å². The lowest BCUT2D eigenvalue weighted by Gasteiger charge is -2.09. The Morgan fingerprint density at radius 3 is 2.62 bits per heavy atom. The fraction of sp³-hybridized carbons (Fsp3) is 0.100. The number of nitrogens with zero attached hydrogens (tertiary/aromatic N) is 1. The van der Waals surface area contributed by atoms with Gasteiger partial charge in [-0.05, 0) is 63.7 Å². The predicted molar refractivity (Wildman–Crippen MR) is 113 cm³/mol. The van der Waals surface area contributed by atoms with Crippen LogP contribution in [0.2, 0.25) is 0 Å². The molecule has 1 heterocycles. The highest BCUT2D eigenvalue weighted by Crippen LogP contribution is 2.33. The number of rotatable bonds is 6. The topological polar surface area (TPSA) is 46.6 Å². The third kappa shape index (κ3) is 4.37. The van der Waals surface area contributed by atoms with Gasteiger partial charge in [-0.2, -0.15) is 0 Å². The maximum atomic E-state index is 12.3. The molecule has 0 atom stereocenters. The van der Waals surface area contributed by atoms with E-state index < -0.39 is 0 Å². The van der Waals surface area contributed by atoms with E-state index in [0.717, 1.165) is 32.2 Å². The Bertz CT molecular complexity index is 880. The van der Waals surface area contributed by atoms with Gasteiger partial charge in [-0.3, -0.25) is 14.5 Å². The minimum Gasteiger partial charge on any atom is -0.488 e. The molecule has 2 amide bonds. The molecule has 0 radical (unpaired) electrons. The first-order chi connectivity index (χ1) is 12.6. The Hall–Kier alpha value is -2.06. The van der Waals surface area contributed by atoms with Crippen molar-refractivity contribution in [2.24, 2.45) is 0 Å². The molecule has 132 valence electrons. The number of ether oxygens (including phenoxy) is 1. The number of hydrogen-bond acceptors (Lipinski definition) is 4. The zero-order valence-corrected chi connectivity index (χ0v) is 16.8. The predicted octanol–water partition coefficient (Wildman–Crippen LogP) is 5.09. The summed E-state index contributed by atoms with van der Waals surface area (Å²) in [5.41, 5.74) is 1.95. The van der Waals surface area contributed by atoms with E-state index >= 15 is 0 Å². The maximum Gasteiger partial charge on any atom is 0.293 e. The summed E-state index contributed by atoms with van der Waals surface area (Å²) in [6.07, 6.45) is 3.28. The summed E-state index contributed by atoms with van der Waals surface area (Å²) in [5, 5.41) is -0.265. The van der Waals surface area contributed by atoms with Crippen molar-refractivity contribution >= 4 is 51.6 Å². The van der Waals surface area contributed by atoms with Crippen molar-refractivity contribution in [3.05, 3.63) is 80.8 Å². The molecule has 1 saturated heterocycles. The summed E-state index contributed by atoms with van der Waals surface area (Å²) in [7, 11) is 0. The highest BCUT2D eigenvalue weighted by atomic mass is 127. The second-order valence-electron chi connectivity index (χ2n) is 5.55. The average molecular weight is 477 g/mol. The van der Waals surface area contributed by atoms with E-state index in [1.54, 1.807) is 12.2 Å². The summed E-state index contributed by atoms with van der Waals surface area (Å²) >= 11 is 3.16. The Morgan fingerprint density at radius 1 is 1.15 bits per heavy atom. The molecule has 26 heavy (non-hydrogen) atoms. The highest BCUT2D eigenvalue weighted by Gasteiger charge is 2.33. The summed E-state index contributed by atoms with van der Waals surface area (Å²) < 4.78 is 6.80. The summed E-state index contributed by atoms with van der Waals surface area (Å²) in [5.74, 6) is 0.505. The molecule has 1 fully saturated rings. The van der Waals surface area contributed by atoms with Gasteiger partial charge in [0.25, 0.3) is 11.1 Å². The Balaban J connectivity index is 1.72. The number of imide groups is 1. The van der Waals surface area contributed by atoms with Gasteiger partial charge in [-0.1, -0.05) is 42.5 Å². The van der Waals surface area contributed by atoms with Crippen LogP contribution in [0.25, 0.3) is 6.08 Å². The van der Waals surface area contributed by atoms with Gasteiger partial charge in [0, 0.05) is 6.54 Å². The van der Waals surface area contributed by atoms with Crippen molar-refractivity contribution in [1.29, 1.82) is 0 Å². The van der Waals surface area contributed by atoms with E-state index in [1.165, 1.54) is 4.90 Å². The molecular formula is C20H16INO3S. The van der Waals surface area contributed by atoms with E-state index in [-0.39, 0.29) is 17.7 Å². The van der Waals surface area contributed by atoms with Crippen LogP contribution in [0.1, 0.15) is 11.1 Å². The SMILES string of the molecule is C=CCN1C(=O)S/C(=C/c2ccc(OCc3ccccc3)c(I)c2)C1=O. The van der Waals surface area contributed by atoms with Crippen molar-refractivity contribution in [2.75, 3.05) is 6.54 Å². The van der Waals surface area contributed by atoms with E-state index in [2.05, 4.69) is 29.2 Å². The van der Waals surface area contributed by atoms with Crippen LogP contribution in [0.5, 0.6) is 5.75 Å². The van der Waals surface area contributed by atoms with Gasteiger partial charge >= 0.3 is 0 Å². The Kier molecular flexibility index (Phi) is 6.16. The van der Waals surface area contributed by atoms with Crippen LogP contribution in [0, 0.1) is 3.57 Å². The van der Waals surface area contributed by atoms with Gasteiger partial charge in [0.1, 0.15) is 12.4 Å². The second-order valence-corrected chi connectivity index (χ2v) is 7.70. The van der Waals surface area contributed by atoms with Crippen LogP contribution >= 0.6 is 34.4 Å². The van der Waals surface area contributed by atoms with Crippen molar-refractivity contribution in [3.8, 4) is 5.75 Å². The lowest BCUT2D eigenvalue weighted by atomic mass is 10.2. The third-order valence-electron chi connectivity index (χ3n) is 3.68. The van der Waals surface area contributed by atoms with Crippen LogP contribution in [0.4, 0.5) is 4.79 Å². The fourth-order valence-electron chi connectivity index (χ4n) is 2.40. The zero-order valence-electron chi connectivity index (χ0n) is 13.9. The number of benzene rings is 2. The molecule has 4 nitrogen and oxygen atoms in total. The monoisotopic (exact) mass is 477 g/mol. The molecule has 0 bridgehead atoms. The minimum absolute atomic E-state index is 0.228. The van der Waals surface area contributed by atoms with Crippen molar-refractivity contribution in [1.82, 2.24) is 4.90 Å². The second kappa shape index (κ2) is 8.55. The quantitative estimate of drug-likeness (QED) is 0.330. The number of hydrogen-bond donors (Lipinski definition) is 0. The lowest BCUT2D eigenvalue weighted by molar-refractivity contribution is -0.122. The number of thioether (sulfide) groups is 1. The molecule has 0 N–H and O–H groups in total. The van der Waals surface area contributed by atoms with E-state index in [0.29, 0.717) is 11.5 Å². The van der Waals surface area contributed by atoms with Gasteiger partial charge < -0.3 is 4.74 Å². The molecule has 0 saturated carbocycles. The van der Waals surface area contributed by atoms with Crippen molar-refractivity contribution in [2.45, 2.75) is 6.61 Å². The number of amides is 2. The molecule has 1 aliphatic heterocycles. The third-order valence-corrected chi connectivity index (χ3v) is 5.43. The Morgan fingerprint density at radius 2 is 1.92 bits per heavy atom. The molecule has 0 aromatic heterocycles. The molecule has 1 aliphatic rings. The number of halogens is 1. The van der Waals surface area contributed by atoms with Crippen LogP contribution in [-0.2, 0) is 11.4 Å². The lowest BCUT2D eigenvalue weighted by Crippen LogP contribution is -2.27. The van der Waals surface area contributed by atoms with E-state index in [1.807, 2.05) is 48.5 Å². The number of carbonyl (C=O) groups excluding carboxylic acids is 2.